The van der Waals surface area contributed by atoms with Gasteiger partial charge in [-0.15, -0.1) is 0 Å². The Morgan fingerprint density at radius 3 is 1.06 bits per heavy atom. The molecule has 0 radical (unpaired) electrons. The van der Waals surface area contributed by atoms with E-state index in [1.165, 1.54) is 157 Å². The third-order valence-electron chi connectivity index (χ3n) is 14.0. The van der Waals surface area contributed by atoms with E-state index in [-0.39, 0.29) is 0 Å². The molecule has 0 saturated heterocycles. The lowest BCUT2D eigenvalue weighted by Crippen LogP contribution is -2.14. The molecule has 0 heterocycles. The Hall–Kier alpha value is -6.64. The molecular weight excluding hydrogens is 833 g/mol. The SMILES string of the molecule is CCCCCCc1ccc(-c2cc(-c3ccc(C)cc3)cc(N(c3cc(-c4ccc(C)cc4)cc(-c4ccc(CCCCCC)cc4)c3)c3c(C)cc(Nc4c(C)cc(C)cc4C)cc3C)c2)cc1. The van der Waals surface area contributed by atoms with Crippen LogP contribution in [0.15, 0.2) is 158 Å². The molecule has 8 aromatic carbocycles. The van der Waals surface area contributed by atoms with Crippen LogP contribution in [0.1, 0.15) is 115 Å². The predicted molar refractivity (Wildman–Crippen MR) is 301 cm³/mol. The first-order valence-electron chi connectivity index (χ1n) is 25.9. The predicted octanol–water partition coefficient (Wildman–Crippen LogP) is 20.0. The van der Waals surface area contributed by atoms with Gasteiger partial charge in [0.15, 0.2) is 0 Å². The Labute approximate surface area is 415 Å². The van der Waals surface area contributed by atoms with Crippen LogP contribution in [0, 0.1) is 48.5 Å². The van der Waals surface area contributed by atoms with Crippen LogP contribution in [0.25, 0.3) is 44.5 Å². The van der Waals surface area contributed by atoms with E-state index in [1.807, 2.05) is 0 Å². The van der Waals surface area contributed by atoms with Gasteiger partial charge >= 0.3 is 0 Å². The summed E-state index contributed by atoms with van der Waals surface area (Å²) in [6.07, 6.45) is 12.4. The molecule has 352 valence electrons. The molecule has 0 atom stereocenters. The molecule has 0 aromatic heterocycles. The van der Waals surface area contributed by atoms with E-state index in [2.05, 4.69) is 230 Å². The maximum absolute atomic E-state index is 3.85. The number of anilines is 5. The average molecular weight is 907 g/mol. The summed E-state index contributed by atoms with van der Waals surface area (Å²) in [5, 5.41) is 3.85. The molecule has 0 spiro atoms. The zero-order valence-corrected chi connectivity index (χ0v) is 43.0. The van der Waals surface area contributed by atoms with Gasteiger partial charge in [0.2, 0.25) is 0 Å². The lowest BCUT2D eigenvalue weighted by molar-refractivity contribution is 0.667. The van der Waals surface area contributed by atoms with Crippen LogP contribution < -0.4 is 10.2 Å². The van der Waals surface area contributed by atoms with Gasteiger partial charge in [-0.3, -0.25) is 0 Å². The van der Waals surface area contributed by atoms with Crippen molar-refractivity contribution in [1.29, 1.82) is 0 Å². The molecule has 0 amide bonds. The highest BCUT2D eigenvalue weighted by atomic mass is 15.1. The minimum absolute atomic E-state index is 1.09. The van der Waals surface area contributed by atoms with Crippen molar-refractivity contribution in [3.05, 3.63) is 208 Å². The third kappa shape index (κ3) is 12.2. The molecule has 0 aliphatic heterocycles. The molecule has 0 aliphatic carbocycles. The summed E-state index contributed by atoms with van der Waals surface area (Å²) in [6, 6.07) is 60.4. The third-order valence-corrected chi connectivity index (χ3v) is 14.0. The topological polar surface area (TPSA) is 15.3 Å². The molecule has 2 heteroatoms. The Bertz CT molecular complexity index is 2780. The van der Waals surface area contributed by atoms with Crippen LogP contribution in [0.4, 0.5) is 28.4 Å². The molecule has 0 unspecified atom stereocenters. The van der Waals surface area contributed by atoms with E-state index >= 15 is 0 Å². The highest BCUT2D eigenvalue weighted by Crippen LogP contribution is 2.46. The van der Waals surface area contributed by atoms with Gasteiger partial charge in [0.25, 0.3) is 0 Å². The minimum Gasteiger partial charge on any atom is -0.355 e. The van der Waals surface area contributed by atoms with Crippen molar-refractivity contribution in [1.82, 2.24) is 0 Å². The zero-order chi connectivity index (χ0) is 48.4. The lowest BCUT2D eigenvalue weighted by atomic mass is 9.93. The van der Waals surface area contributed by atoms with E-state index in [0.717, 1.165) is 29.9 Å². The number of unbranched alkanes of at least 4 members (excludes halogenated alkanes) is 6. The zero-order valence-electron chi connectivity index (χ0n) is 43.0. The smallest absolute Gasteiger partial charge is 0.0521 e. The Balaban J connectivity index is 1.33. The standard InChI is InChI=1S/C67H74N2/c1-10-12-14-16-18-53-24-32-57(33-25-53)61-40-59(55-28-20-46(3)21-29-55)42-64(44-61)69(67-51(8)38-63(39-52(67)9)68-66-49(6)36-48(5)37-50(66)7)65-43-60(56-30-22-47(4)23-31-56)41-62(45-65)58-34-26-54(27-35-58)19-17-15-13-11-2/h20-45,68H,10-19H2,1-9H3. The van der Waals surface area contributed by atoms with Crippen LogP contribution >= 0.6 is 0 Å². The summed E-state index contributed by atoms with van der Waals surface area (Å²) in [4.78, 5) is 2.55. The first-order valence-corrected chi connectivity index (χ1v) is 25.9. The molecule has 0 saturated carbocycles. The molecule has 0 fully saturated rings. The summed E-state index contributed by atoms with van der Waals surface area (Å²) in [7, 11) is 0. The van der Waals surface area contributed by atoms with Crippen LogP contribution in [0.2, 0.25) is 0 Å². The molecule has 8 rings (SSSR count). The Kier molecular flexibility index (Phi) is 16.0. The minimum atomic E-state index is 1.09. The highest BCUT2D eigenvalue weighted by molar-refractivity contribution is 5.91. The maximum atomic E-state index is 3.85. The summed E-state index contributed by atoms with van der Waals surface area (Å²) in [6.45, 7) is 20.1. The number of nitrogens with zero attached hydrogens (tertiary/aromatic N) is 1. The number of hydrogen-bond donors (Lipinski definition) is 1. The molecule has 0 aliphatic rings. The fourth-order valence-corrected chi connectivity index (χ4v) is 10.2. The molecular formula is C67H74N2. The van der Waals surface area contributed by atoms with Crippen molar-refractivity contribution in [3.63, 3.8) is 0 Å². The molecule has 8 aromatic rings. The van der Waals surface area contributed by atoms with Crippen molar-refractivity contribution in [3.8, 4) is 44.5 Å². The second kappa shape index (κ2) is 22.6. The summed E-state index contributed by atoms with van der Waals surface area (Å²) in [5.41, 5.74) is 26.9. The van der Waals surface area contributed by atoms with Gasteiger partial charge < -0.3 is 10.2 Å². The van der Waals surface area contributed by atoms with Crippen LogP contribution in [-0.2, 0) is 12.8 Å². The van der Waals surface area contributed by atoms with Crippen molar-refractivity contribution >= 4 is 28.4 Å². The van der Waals surface area contributed by atoms with Gasteiger partial charge in [-0.05, 0) is 201 Å². The lowest BCUT2D eigenvalue weighted by Gasteiger charge is -2.31. The van der Waals surface area contributed by atoms with Gasteiger partial charge in [-0.1, -0.05) is 178 Å². The Morgan fingerprint density at radius 1 is 0.333 bits per heavy atom. The second-order valence-corrected chi connectivity index (χ2v) is 20.0. The monoisotopic (exact) mass is 907 g/mol. The largest absolute Gasteiger partial charge is 0.355 e. The van der Waals surface area contributed by atoms with E-state index < -0.39 is 0 Å². The molecule has 69 heavy (non-hydrogen) atoms. The van der Waals surface area contributed by atoms with Gasteiger partial charge in [-0.2, -0.15) is 0 Å². The van der Waals surface area contributed by atoms with Crippen LogP contribution in [0.5, 0.6) is 0 Å². The van der Waals surface area contributed by atoms with Crippen molar-refractivity contribution in [2.24, 2.45) is 0 Å². The van der Waals surface area contributed by atoms with Crippen molar-refractivity contribution in [2.75, 3.05) is 10.2 Å². The first kappa shape index (κ1) is 48.8. The van der Waals surface area contributed by atoms with Crippen molar-refractivity contribution < 1.29 is 0 Å². The van der Waals surface area contributed by atoms with Gasteiger partial charge in [0.05, 0.1) is 5.69 Å². The summed E-state index contributed by atoms with van der Waals surface area (Å²) >= 11 is 0. The van der Waals surface area contributed by atoms with Gasteiger partial charge in [0.1, 0.15) is 0 Å². The number of aryl methyl sites for hydroxylation is 9. The van der Waals surface area contributed by atoms with E-state index in [1.54, 1.807) is 0 Å². The summed E-state index contributed by atoms with van der Waals surface area (Å²) < 4.78 is 0. The first-order chi connectivity index (χ1) is 33.5. The molecule has 0 bridgehead atoms. The highest BCUT2D eigenvalue weighted by Gasteiger charge is 2.22. The number of hydrogen-bond acceptors (Lipinski definition) is 2. The number of benzene rings is 8. The molecule has 1 N–H and O–H groups in total. The van der Waals surface area contributed by atoms with Gasteiger partial charge in [0, 0.05) is 22.7 Å². The van der Waals surface area contributed by atoms with Crippen molar-refractivity contribution in [2.45, 2.75) is 127 Å². The fraction of sp³-hybridized carbons (Fsp3) is 0.284. The van der Waals surface area contributed by atoms with Gasteiger partial charge in [-0.25, -0.2) is 0 Å². The van der Waals surface area contributed by atoms with E-state index in [9.17, 15) is 0 Å². The normalized spacial score (nSPS) is 11.3. The van der Waals surface area contributed by atoms with Crippen LogP contribution in [0.3, 0.4) is 0 Å². The fourth-order valence-electron chi connectivity index (χ4n) is 10.2. The van der Waals surface area contributed by atoms with E-state index in [4.69, 9.17) is 0 Å². The maximum Gasteiger partial charge on any atom is 0.0521 e. The summed E-state index contributed by atoms with van der Waals surface area (Å²) in [5.74, 6) is 0. The molecule has 2 nitrogen and oxygen atoms in total. The quantitative estimate of drug-likeness (QED) is 0.0814. The number of rotatable bonds is 19. The second-order valence-electron chi connectivity index (χ2n) is 20.0. The van der Waals surface area contributed by atoms with Crippen LogP contribution in [-0.4, -0.2) is 0 Å². The average Bonchev–Trinajstić information content (AvgIpc) is 3.34. The Morgan fingerprint density at radius 2 is 0.696 bits per heavy atom. The number of nitrogens with one attached hydrogen (secondary N) is 1. The van der Waals surface area contributed by atoms with E-state index in [0.29, 0.717) is 0 Å².